The number of hydrogen-bond donors (Lipinski definition) is 1. The van der Waals surface area contributed by atoms with Gasteiger partial charge in [0.05, 0.1) is 22.5 Å². The molecule has 2 heterocycles. The summed E-state index contributed by atoms with van der Waals surface area (Å²) < 4.78 is 6.51. The summed E-state index contributed by atoms with van der Waals surface area (Å²) in [4.78, 5) is 6.62. The van der Waals surface area contributed by atoms with Crippen molar-refractivity contribution in [3.8, 4) is 0 Å². The van der Waals surface area contributed by atoms with E-state index in [1.165, 1.54) is 0 Å². The Kier molecular flexibility index (Phi) is 5.13. The summed E-state index contributed by atoms with van der Waals surface area (Å²) in [5.74, 6) is 0.875. The topological polar surface area (TPSA) is 55.3 Å². The Morgan fingerprint density at radius 3 is 2.79 bits per heavy atom. The fourth-order valence-corrected chi connectivity index (χ4v) is 2.57. The van der Waals surface area contributed by atoms with Crippen molar-refractivity contribution in [2.75, 3.05) is 13.1 Å². The van der Waals surface area contributed by atoms with Crippen LogP contribution in [0.2, 0.25) is 0 Å². The minimum atomic E-state index is 0.0522. The molecule has 4 nitrogen and oxygen atoms in total. The number of pyridine rings is 1. The van der Waals surface area contributed by atoms with Gasteiger partial charge in [-0.1, -0.05) is 13.0 Å². The zero-order chi connectivity index (χ0) is 13.7. The van der Waals surface area contributed by atoms with Crippen molar-refractivity contribution in [3.63, 3.8) is 0 Å². The first-order valence-corrected chi connectivity index (χ1v) is 7.12. The van der Waals surface area contributed by atoms with Crippen molar-refractivity contribution in [2.24, 2.45) is 5.73 Å². The van der Waals surface area contributed by atoms with Gasteiger partial charge in [0.1, 0.15) is 5.76 Å². The number of aromatic nitrogens is 1. The van der Waals surface area contributed by atoms with Gasteiger partial charge in [0, 0.05) is 19.3 Å². The van der Waals surface area contributed by atoms with E-state index in [4.69, 9.17) is 10.2 Å². The third kappa shape index (κ3) is 3.43. The first-order valence-electron chi connectivity index (χ1n) is 6.33. The Morgan fingerprint density at radius 2 is 2.26 bits per heavy atom. The van der Waals surface area contributed by atoms with Crippen LogP contribution in [0.15, 0.2) is 45.6 Å². The standard InChI is InChI=1S/C14H18BrN3O/c1-2-18(10-11-5-3-4-7-17-11)13(9-16)14-12(15)6-8-19-14/h3-8,13H,2,9-10,16H2,1H3. The predicted molar refractivity (Wildman–Crippen MR) is 78.5 cm³/mol. The van der Waals surface area contributed by atoms with Crippen LogP contribution in [0.25, 0.3) is 0 Å². The molecule has 2 aromatic rings. The Morgan fingerprint density at radius 1 is 1.42 bits per heavy atom. The summed E-state index contributed by atoms with van der Waals surface area (Å²) >= 11 is 3.50. The molecule has 1 atom stereocenters. The van der Waals surface area contributed by atoms with Crippen molar-refractivity contribution in [3.05, 3.63) is 52.7 Å². The molecule has 0 saturated heterocycles. The van der Waals surface area contributed by atoms with E-state index in [0.717, 1.165) is 29.0 Å². The second-order valence-electron chi connectivity index (χ2n) is 4.27. The van der Waals surface area contributed by atoms with Gasteiger partial charge >= 0.3 is 0 Å². The highest BCUT2D eigenvalue weighted by atomic mass is 79.9. The average molecular weight is 324 g/mol. The normalized spacial score (nSPS) is 12.8. The van der Waals surface area contributed by atoms with Crippen LogP contribution < -0.4 is 5.73 Å². The molecule has 0 radical (unpaired) electrons. The Hall–Kier alpha value is -1.17. The number of hydrogen-bond acceptors (Lipinski definition) is 4. The van der Waals surface area contributed by atoms with Crippen LogP contribution in [-0.2, 0) is 6.54 Å². The van der Waals surface area contributed by atoms with E-state index >= 15 is 0 Å². The molecule has 2 N–H and O–H groups in total. The second kappa shape index (κ2) is 6.84. The molecular formula is C14H18BrN3O. The van der Waals surface area contributed by atoms with Crippen LogP contribution in [0, 0.1) is 0 Å². The third-order valence-electron chi connectivity index (χ3n) is 3.11. The molecule has 2 rings (SSSR count). The van der Waals surface area contributed by atoms with E-state index < -0.39 is 0 Å². The molecule has 5 heteroatoms. The van der Waals surface area contributed by atoms with Crippen molar-refractivity contribution >= 4 is 15.9 Å². The van der Waals surface area contributed by atoms with Gasteiger partial charge in [0.25, 0.3) is 0 Å². The van der Waals surface area contributed by atoms with E-state index in [0.29, 0.717) is 6.54 Å². The second-order valence-corrected chi connectivity index (χ2v) is 5.12. The molecule has 2 aromatic heterocycles. The van der Waals surface area contributed by atoms with Crippen molar-refractivity contribution in [1.82, 2.24) is 9.88 Å². The zero-order valence-corrected chi connectivity index (χ0v) is 12.5. The summed E-state index contributed by atoms with van der Waals surface area (Å²) in [7, 11) is 0. The lowest BCUT2D eigenvalue weighted by molar-refractivity contribution is 0.177. The number of rotatable bonds is 6. The van der Waals surface area contributed by atoms with Crippen LogP contribution in [-0.4, -0.2) is 23.0 Å². The van der Waals surface area contributed by atoms with Crippen molar-refractivity contribution in [1.29, 1.82) is 0 Å². The number of halogens is 1. The summed E-state index contributed by atoms with van der Waals surface area (Å²) in [5, 5.41) is 0. The highest BCUT2D eigenvalue weighted by Gasteiger charge is 2.23. The minimum absolute atomic E-state index is 0.0522. The molecule has 19 heavy (non-hydrogen) atoms. The van der Waals surface area contributed by atoms with Gasteiger partial charge in [0.2, 0.25) is 0 Å². The number of furan rings is 1. The van der Waals surface area contributed by atoms with E-state index in [1.807, 2.05) is 30.5 Å². The van der Waals surface area contributed by atoms with Crippen LogP contribution in [0.1, 0.15) is 24.4 Å². The molecule has 1 unspecified atom stereocenters. The minimum Gasteiger partial charge on any atom is -0.466 e. The van der Waals surface area contributed by atoms with Crippen molar-refractivity contribution in [2.45, 2.75) is 19.5 Å². The molecule has 0 saturated carbocycles. The maximum atomic E-state index is 5.92. The molecule has 0 aromatic carbocycles. The molecule has 0 aliphatic rings. The average Bonchev–Trinajstić information content (AvgIpc) is 2.86. The van der Waals surface area contributed by atoms with E-state index in [1.54, 1.807) is 6.26 Å². The monoisotopic (exact) mass is 323 g/mol. The first kappa shape index (κ1) is 14.2. The Balaban J connectivity index is 2.18. The van der Waals surface area contributed by atoms with Gasteiger partial charge in [-0.05, 0) is 40.7 Å². The van der Waals surface area contributed by atoms with Gasteiger partial charge in [-0.3, -0.25) is 9.88 Å². The lowest BCUT2D eigenvalue weighted by Crippen LogP contribution is -2.33. The first-order chi connectivity index (χ1) is 9.26. The highest BCUT2D eigenvalue weighted by molar-refractivity contribution is 9.10. The Bertz CT molecular complexity index is 500. The third-order valence-corrected chi connectivity index (χ3v) is 3.76. The van der Waals surface area contributed by atoms with E-state index in [2.05, 4.69) is 32.7 Å². The van der Waals surface area contributed by atoms with Gasteiger partial charge in [0.15, 0.2) is 0 Å². The van der Waals surface area contributed by atoms with Crippen LogP contribution in [0.4, 0.5) is 0 Å². The molecule has 0 amide bonds. The maximum Gasteiger partial charge on any atom is 0.136 e. The number of likely N-dealkylation sites (N-methyl/N-ethyl adjacent to an activating group) is 1. The molecule has 0 aliphatic carbocycles. The number of nitrogens with two attached hydrogens (primary N) is 1. The van der Waals surface area contributed by atoms with Gasteiger partial charge in [-0.2, -0.15) is 0 Å². The molecule has 102 valence electrons. The van der Waals surface area contributed by atoms with Crippen LogP contribution in [0.3, 0.4) is 0 Å². The molecule has 0 spiro atoms. The highest BCUT2D eigenvalue weighted by Crippen LogP contribution is 2.29. The number of nitrogens with zero attached hydrogens (tertiary/aromatic N) is 2. The molecule has 0 fully saturated rings. The van der Waals surface area contributed by atoms with Gasteiger partial charge in [-0.15, -0.1) is 0 Å². The fourth-order valence-electron chi connectivity index (χ4n) is 2.11. The fraction of sp³-hybridized carbons (Fsp3) is 0.357. The zero-order valence-electron chi connectivity index (χ0n) is 10.9. The summed E-state index contributed by atoms with van der Waals surface area (Å²) in [5.41, 5.74) is 6.95. The quantitative estimate of drug-likeness (QED) is 0.888. The van der Waals surface area contributed by atoms with Gasteiger partial charge in [-0.25, -0.2) is 0 Å². The summed E-state index contributed by atoms with van der Waals surface area (Å²) in [6.45, 7) is 4.26. The molecule has 0 bridgehead atoms. The SMILES string of the molecule is CCN(Cc1ccccn1)C(CN)c1occc1Br. The van der Waals surface area contributed by atoms with E-state index in [-0.39, 0.29) is 6.04 Å². The summed E-state index contributed by atoms with van der Waals surface area (Å²) in [6.07, 6.45) is 3.49. The predicted octanol–water partition coefficient (Wildman–Crippen LogP) is 2.96. The maximum absolute atomic E-state index is 5.92. The smallest absolute Gasteiger partial charge is 0.136 e. The lowest BCUT2D eigenvalue weighted by atomic mass is 10.1. The van der Waals surface area contributed by atoms with E-state index in [9.17, 15) is 0 Å². The van der Waals surface area contributed by atoms with Crippen LogP contribution in [0.5, 0.6) is 0 Å². The lowest BCUT2D eigenvalue weighted by Gasteiger charge is -2.28. The van der Waals surface area contributed by atoms with Crippen molar-refractivity contribution < 1.29 is 4.42 Å². The summed E-state index contributed by atoms with van der Waals surface area (Å²) in [6, 6.07) is 7.89. The van der Waals surface area contributed by atoms with Crippen LogP contribution >= 0.6 is 15.9 Å². The molecular weight excluding hydrogens is 306 g/mol. The Labute approximate surface area is 121 Å². The largest absolute Gasteiger partial charge is 0.466 e. The molecule has 0 aliphatic heterocycles. The van der Waals surface area contributed by atoms with Gasteiger partial charge < -0.3 is 10.2 Å².